The predicted octanol–water partition coefficient (Wildman–Crippen LogP) is 4.35. The molecule has 1 heterocycles. The zero-order valence-electron chi connectivity index (χ0n) is 17.3. The summed E-state index contributed by atoms with van der Waals surface area (Å²) in [4.78, 5) is 14.2. The number of rotatable bonds is 5. The van der Waals surface area contributed by atoms with Crippen molar-refractivity contribution < 1.29 is 18.3 Å². The van der Waals surface area contributed by atoms with Crippen LogP contribution in [0.3, 0.4) is 0 Å². The molecule has 0 spiro atoms. The lowest BCUT2D eigenvalue weighted by atomic mass is 9.98. The van der Waals surface area contributed by atoms with Gasteiger partial charge in [0.25, 0.3) is 10.0 Å². The third kappa shape index (κ3) is 4.56. The van der Waals surface area contributed by atoms with Gasteiger partial charge in [-0.2, -0.15) is 0 Å². The van der Waals surface area contributed by atoms with Crippen LogP contribution >= 0.6 is 0 Å². The Labute approximate surface area is 172 Å². The Hall–Kier alpha value is -2.54. The molecular weight excluding hydrogens is 388 g/mol. The molecule has 1 saturated heterocycles. The molecule has 2 aromatic rings. The first-order chi connectivity index (χ1) is 13.6. The second-order valence-corrected chi connectivity index (χ2v) is 9.66. The molecule has 0 saturated carbocycles. The number of carbonyl (C=O) groups is 1. The van der Waals surface area contributed by atoms with Crippen molar-refractivity contribution in [3.8, 4) is 0 Å². The highest BCUT2D eigenvalue weighted by Crippen LogP contribution is 2.30. The lowest BCUT2D eigenvalue weighted by Gasteiger charge is -2.33. The highest BCUT2D eigenvalue weighted by Gasteiger charge is 2.24. The summed E-state index contributed by atoms with van der Waals surface area (Å²) in [5.74, 6) is -0.436. The lowest BCUT2D eigenvalue weighted by Crippen LogP contribution is -2.33. The molecule has 7 heteroatoms. The molecular formula is C22H28N2O4S. The van der Waals surface area contributed by atoms with Gasteiger partial charge in [-0.25, -0.2) is 13.2 Å². The van der Waals surface area contributed by atoms with Gasteiger partial charge in [-0.3, -0.25) is 4.72 Å². The van der Waals surface area contributed by atoms with Gasteiger partial charge in [0.2, 0.25) is 0 Å². The van der Waals surface area contributed by atoms with Crippen LogP contribution < -0.4 is 9.62 Å². The fourth-order valence-electron chi connectivity index (χ4n) is 4.09. The maximum Gasteiger partial charge on any atom is 0.337 e. The SMILES string of the molecule is Cc1cc(C)c(S(=O)(=O)Nc2ccc(N3CCC(C)CC3)c(C(=O)O)c2)c(C)c1. The Bertz CT molecular complexity index is 1020. The number of benzene rings is 2. The average molecular weight is 417 g/mol. The molecule has 0 aliphatic carbocycles. The van der Waals surface area contributed by atoms with Gasteiger partial charge in [0.15, 0.2) is 0 Å². The Morgan fingerprint density at radius 2 is 1.66 bits per heavy atom. The van der Waals surface area contributed by atoms with Crippen molar-refractivity contribution in [3.05, 3.63) is 52.6 Å². The number of carboxylic acids is 1. The molecule has 0 radical (unpaired) electrons. The van der Waals surface area contributed by atoms with Gasteiger partial charge in [0.1, 0.15) is 0 Å². The number of nitrogens with zero attached hydrogens (tertiary/aromatic N) is 1. The fourth-order valence-corrected chi connectivity index (χ4v) is 5.60. The van der Waals surface area contributed by atoms with E-state index in [1.54, 1.807) is 26.0 Å². The van der Waals surface area contributed by atoms with Crippen LogP contribution in [0.4, 0.5) is 11.4 Å². The van der Waals surface area contributed by atoms with E-state index in [1.807, 2.05) is 19.1 Å². The summed E-state index contributed by atoms with van der Waals surface area (Å²) in [7, 11) is -3.84. The van der Waals surface area contributed by atoms with E-state index in [2.05, 4.69) is 16.5 Å². The second-order valence-electron chi connectivity index (χ2n) is 8.04. The quantitative estimate of drug-likeness (QED) is 0.757. The van der Waals surface area contributed by atoms with Crippen molar-refractivity contribution in [2.45, 2.75) is 45.4 Å². The normalized spacial score (nSPS) is 15.4. The number of aromatic carboxylic acids is 1. The first kappa shape index (κ1) is 21.2. The largest absolute Gasteiger partial charge is 0.478 e. The first-order valence-corrected chi connectivity index (χ1v) is 11.3. The van der Waals surface area contributed by atoms with E-state index in [0.717, 1.165) is 31.5 Å². The topological polar surface area (TPSA) is 86.7 Å². The summed E-state index contributed by atoms with van der Waals surface area (Å²) >= 11 is 0. The highest BCUT2D eigenvalue weighted by molar-refractivity contribution is 7.92. The third-order valence-electron chi connectivity index (χ3n) is 5.48. The maximum atomic E-state index is 13.0. The van der Waals surface area contributed by atoms with E-state index < -0.39 is 16.0 Å². The van der Waals surface area contributed by atoms with Crippen LogP contribution in [-0.4, -0.2) is 32.6 Å². The van der Waals surface area contributed by atoms with Crippen LogP contribution in [0.1, 0.15) is 46.8 Å². The molecule has 1 fully saturated rings. The minimum absolute atomic E-state index is 0.108. The van der Waals surface area contributed by atoms with E-state index in [9.17, 15) is 18.3 Å². The molecule has 2 aromatic carbocycles. The average Bonchev–Trinajstić information content (AvgIpc) is 2.61. The first-order valence-electron chi connectivity index (χ1n) is 9.81. The van der Waals surface area contributed by atoms with Gasteiger partial charge in [-0.1, -0.05) is 24.6 Å². The number of anilines is 2. The number of nitrogens with one attached hydrogen (secondary N) is 1. The molecule has 6 nitrogen and oxygen atoms in total. The van der Waals surface area contributed by atoms with Gasteiger partial charge < -0.3 is 10.0 Å². The minimum atomic E-state index is -3.84. The summed E-state index contributed by atoms with van der Waals surface area (Å²) in [5, 5.41) is 9.70. The molecule has 156 valence electrons. The van der Waals surface area contributed by atoms with Crippen molar-refractivity contribution in [2.24, 2.45) is 5.92 Å². The second kappa shape index (κ2) is 8.06. The predicted molar refractivity (Wildman–Crippen MR) is 115 cm³/mol. The van der Waals surface area contributed by atoms with Crippen molar-refractivity contribution in [2.75, 3.05) is 22.7 Å². The molecule has 0 unspecified atom stereocenters. The summed E-state index contributed by atoms with van der Waals surface area (Å²) in [6.07, 6.45) is 2.03. The van der Waals surface area contributed by atoms with Crippen LogP contribution in [0.5, 0.6) is 0 Å². The number of piperidine rings is 1. The Morgan fingerprint density at radius 1 is 1.07 bits per heavy atom. The van der Waals surface area contributed by atoms with Crippen LogP contribution in [0.2, 0.25) is 0 Å². The van der Waals surface area contributed by atoms with E-state index in [1.165, 1.54) is 6.07 Å². The summed E-state index contributed by atoms with van der Waals surface area (Å²) in [5.41, 5.74) is 3.30. The monoisotopic (exact) mass is 416 g/mol. The van der Waals surface area contributed by atoms with Crippen molar-refractivity contribution in [1.82, 2.24) is 0 Å². The fraction of sp³-hybridized carbons (Fsp3) is 0.409. The number of hydrogen-bond donors (Lipinski definition) is 2. The zero-order chi connectivity index (χ0) is 21.3. The lowest BCUT2D eigenvalue weighted by molar-refractivity contribution is 0.0697. The molecule has 3 rings (SSSR count). The Morgan fingerprint density at radius 3 is 2.21 bits per heavy atom. The molecule has 0 atom stereocenters. The third-order valence-corrected chi connectivity index (χ3v) is 7.16. The van der Waals surface area contributed by atoms with E-state index in [4.69, 9.17) is 0 Å². The molecule has 2 N–H and O–H groups in total. The van der Waals surface area contributed by atoms with Gasteiger partial charge in [-0.05, 0) is 68.9 Å². The van der Waals surface area contributed by atoms with E-state index in [0.29, 0.717) is 22.7 Å². The van der Waals surface area contributed by atoms with E-state index in [-0.39, 0.29) is 16.1 Å². The standard InChI is InChI=1S/C22H28N2O4S/c1-14-7-9-24(10-8-14)20-6-5-18(13-19(20)22(25)26)23-29(27,28)21-16(3)11-15(2)12-17(21)4/h5-6,11-14,23H,7-10H2,1-4H3,(H,25,26). The van der Waals surface area contributed by atoms with Crippen LogP contribution in [0.25, 0.3) is 0 Å². The summed E-state index contributed by atoms with van der Waals surface area (Å²) in [6, 6.07) is 8.39. The van der Waals surface area contributed by atoms with Crippen LogP contribution in [-0.2, 0) is 10.0 Å². The molecule has 1 aliphatic heterocycles. The number of sulfonamides is 1. The van der Waals surface area contributed by atoms with Gasteiger partial charge in [0.05, 0.1) is 16.1 Å². The van der Waals surface area contributed by atoms with Crippen molar-refractivity contribution >= 4 is 27.4 Å². The van der Waals surface area contributed by atoms with Crippen LogP contribution in [0.15, 0.2) is 35.2 Å². The molecule has 0 amide bonds. The molecule has 0 bridgehead atoms. The van der Waals surface area contributed by atoms with Crippen molar-refractivity contribution in [3.63, 3.8) is 0 Å². The number of aryl methyl sites for hydroxylation is 3. The molecule has 1 aliphatic rings. The Balaban J connectivity index is 1.94. The number of hydrogen-bond acceptors (Lipinski definition) is 4. The number of carboxylic acid groups (broad SMARTS) is 1. The van der Waals surface area contributed by atoms with Gasteiger partial charge >= 0.3 is 5.97 Å². The van der Waals surface area contributed by atoms with Gasteiger partial charge in [-0.15, -0.1) is 0 Å². The Kier molecular flexibility index (Phi) is 5.89. The molecule has 0 aromatic heterocycles. The zero-order valence-corrected chi connectivity index (χ0v) is 18.1. The highest BCUT2D eigenvalue weighted by atomic mass is 32.2. The van der Waals surface area contributed by atoms with E-state index >= 15 is 0 Å². The molecule has 29 heavy (non-hydrogen) atoms. The van der Waals surface area contributed by atoms with Crippen molar-refractivity contribution in [1.29, 1.82) is 0 Å². The van der Waals surface area contributed by atoms with Crippen LogP contribution in [0, 0.1) is 26.7 Å². The summed E-state index contributed by atoms with van der Waals surface area (Å²) < 4.78 is 28.5. The summed E-state index contributed by atoms with van der Waals surface area (Å²) in [6.45, 7) is 9.24. The maximum absolute atomic E-state index is 13.0. The minimum Gasteiger partial charge on any atom is -0.478 e. The van der Waals surface area contributed by atoms with Gasteiger partial charge in [0, 0.05) is 18.8 Å². The smallest absolute Gasteiger partial charge is 0.337 e.